The fourth-order valence-corrected chi connectivity index (χ4v) is 4.45. The standard InChI is InChI=1S/C20H26N2O3/c1-21-8-3-6-20(19(21)23)7-9-22(14-20)12-15-10-16-11-17(24-2)4-5-18(16)25-13-15/h4-5,10-11H,3,6-9,12-14H2,1-2H3. The van der Waals surface area contributed by atoms with Gasteiger partial charge in [-0.3, -0.25) is 9.69 Å². The van der Waals surface area contributed by atoms with Crippen molar-refractivity contribution >= 4 is 12.0 Å². The van der Waals surface area contributed by atoms with Crippen LogP contribution in [0.25, 0.3) is 6.08 Å². The smallest absolute Gasteiger partial charge is 0.229 e. The molecule has 1 aromatic rings. The third kappa shape index (κ3) is 3.01. The van der Waals surface area contributed by atoms with Gasteiger partial charge in [0.25, 0.3) is 0 Å². The lowest BCUT2D eigenvalue weighted by Gasteiger charge is -2.37. The van der Waals surface area contributed by atoms with Crippen molar-refractivity contribution < 1.29 is 14.3 Å². The van der Waals surface area contributed by atoms with Gasteiger partial charge in [-0.25, -0.2) is 0 Å². The highest BCUT2D eigenvalue weighted by Crippen LogP contribution is 2.40. The Balaban J connectivity index is 1.46. The maximum atomic E-state index is 12.7. The average molecular weight is 342 g/mol. The summed E-state index contributed by atoms with van der Waals surface area (Å²) in [6, 6.07) is 5.90. The van der Waals surface area contributed by atoms with Gasteiger partial charge >= 0.3 is 0 Å². The average Bonchev–Trinajstić information content (AvgIpc) is 3.02. The van der Waals surface area contributed by atoms with E-state index < -0.39 is 0 Å². The Hall–Kier alpha value is -2.01. The number of hydrogen-bond acceptors (Lipinski definition) is 4. The number of piperidine rings is 1. The normalized spacial score (nSPS) is 26.4. The number of nitrogens with zero attached hydrogens (tertiary/aromatic N) is 2. The second kappa shape index (κ2) is 6.37. The Morgan fingerprint density at radius 1 is 1.28 bits per heavy atom. The molecule has 3 aliphatic rings. The topological polar surface area (TPSA) is 42.0 Å². The van der Waals surface area contributed by atoms with Gasteiger partial charge in [0.15, 0.2) is 0 Å². The molecule has 1 amide bonds. The number of hydrogen-bond donors (Lipinski definition) is 0. The zero-order valence-electron chi connectivity index (χ0n) is 15.1. The Morgan fingerprint density at radius 2 is 2.16 bits per heavy atom. The Kier molecular flexibility index (Phi) is 4.20. The minimum absolute atomic E-state index is 0.149. The number of likely N-dealkylation sites (tertiary alicyclic amines) is 2. The van der Waals surface area contributed by atoms with E-state index in [4.69, 9.17) is 9.47 Å². The van der Waals surface area contributed by atoms with Gasteiger partial charge in [-0.1, -0.05) is 0 Å². The molecule has 25 heavy (non-hydrogen) atoms. The van der Waals surface area contributed by atoms with Crippen molar-refractivity contribution in [1.82, 2.24) is 9.80 Å². The molecule has 2 fully saturated rings. The van der Waals surface area contributed by atoms with E-state index in [0.717, 1.165) is 62.5 Å². The third-order valence-corrected chi connectivity index (χ3v) is 5.80. The highest BCUT2D eigenvalue weighted by atomic mass is 16.5. The molecule has 5 heteroatoms. The van der Waals surface area contributed by atoms with Crippen LogP contribution in [0.4, 0.5) is 0 Å². The molecule has 1 spiro atoms. The lowest BCUT2D eigenvalue weighted by atomic mass is 9.78. The zero-order valence-corrected chi connectivity index (χ0v) is 15.1. The van der Waals surface area contributed by atoms with E-state index in [2.05, 4.69) is 11.0 Å². The van der Waals surface area contributed by atoms with E-state index in [1.165, 1.54) is 5.57 Å². The first-order valence-electron chi connectivity index (χ1n) is 9.08. The summed E-state index contributed by atoms with van der Waals surface area (Å²) in [6.45, 7) is 4.25. The predicted octanol–water partition coefficient (Wildman–Crippen LogP) is 2.42. The molecule has 2 saturated heterocycles. The molecule has 5 nitrogen and oxygen atoms in total. The van der Waals surface area contributed by atoms with Crippen molar-refractivity contribution in [3.63, 3.8) is 0 Å². The molecule has 1 unspecified atom stereocenters. The third-order valence-electron chi connectivity index (χ3n) is 5.80. The lowest BCUT2D eigenvalue weighted by Crippen LogP contribution is -2.48. The number of methoxy groups -OCH3 is 1. The first kappa shape index (κ1) is 16.5. The molecule has 1 aromatic carbocycles. The molecule has 4 rings (SSSR count). The monoisotopic (exact) mass is 342 g/mol. The number of amides is 1. The molecular formula is C20H26N2O3. The predicted molar refractivity (Wildman–Crippen MR) is 96.8 cm³/mol. The van der Waals surface area contributed by atoms with Crippen LogP contribution in [0.1, 0.15) is 24.8 Å². The SMILES string of the molecule is COc1ccc2c(c1)C=C(CN1CCC3(CCCN(C)C3=O)C1)CO2. The molecule has 134 valence electrons. The largest absolute Gasteiger partial charge is 0.497 e. The number of carbonyl (C=O) groups excluding carboxylic acids is 1. The van der Waals surface area contributed by atoms with Crippen molar-refractivity contribution in [3.8, 4) is 11.5 Å². The van der Waals surface area contributed by atoms with E-state index in [-0.39, 0.29) is 5.41 Å². The molecule has 0 aliphatic carbocycles. The second-order valence-electron chi connectivity index (χ2n) is 7.57. The van der Waals surface area contributed by atoms with Gasteiger partial charge in [0.2, 0.25) is 5.91 Å². The van der Waals surface area contributed by atoms with Gasteiger partial charge in [-0.05, 0) is 55.7 Å². The van der Waals surface area contributed by atoms with Crippen molar-refractivity contribution in [3.05, 3.63) is 29.3 Å². The van der Waals surface area contributed by atoms with E-state index in [1.54, 1.807) is 7.11 Å². The Morgan fingerprint density at radius 3 is 3.00 bits per heavy atom. The number of carbonyl (C=O) groups is 1. The molecule has 0 saturated carbocycles. The Bertz CT molecular complexity index is 715. The Labute approximate surface area is 149 Å². The molecule has 3 heterocycles. The second-order valence-corrected chi connectivity index (χ2v) is 7.57. The van der Waals surface area contributed by atoms with E-state index >= 15 is 0 Å². The number of benzene rings is 1. The quantitative estimate of drug-likeness (QED) is 0.846. The molecule has 0 aromatic heterocycles. The van der Waals surface area contributed by atoms with Crippen molar-refractivity contribution in [2.24, 2.45) is 5.41 Å². The van der Waals surface area contributed by atoms with Gasteiger partial charge in [-0.15, -0.1) is 0 Å². The maximum Gasteiger partial charge on any atom is 0.229 e. The van der Waals surface area contributed by atoms with Crippen LogP contribution in [0.15, 0.2) is 23.8 Å². The maximum absolute atomic E-state index is 12.7. The van der Waals surface area contributed by atoms with Crippen LogP contribution in [-0.2, 0) is 4.79 Å². The summed E-state index contributed by atoms with van der Waals surface area (Å²) in [6.07, 6.45) is 5.34. The van der Waals surface area contributed by atoms with Gasteiger partial charge in [0.05, 0.1) is 12.5 Å². The van der Waals surface area contributed by atoms with Crippen LogP contribution in [0.3, 0.4) is 0 Å². The van der Waals surface area contributed by atoms with E-state index in [0.29, 0.717) is 12.5 Å². The first-order valence-corrected chi connectivity index (χ1v) is 9.08. The van der Waals surface area contributed by atoms with Crippen LogP contribution in [0.2, 0.25) is 0 Å². The van der Waals surface area contributed by atoms with E-state index in [1.807, 2.05) is 30.1 Å². The van der Waals surface area contributed by atoms with Crippen molar-refractivity contribution in [1.29, 1.82) is 0 Å². The highest BCUT2D eigenvalue weighted by Gasteiger charge is 2.47. The van der Waals surface area contributed by atoms with Crippen LogP contribution in [-0.4, -0.2) is 62.7 Å². The van der Waals surface area contributed by atoms with Crippen molar-refractivity contribution in [2.45, 2.75) is 19.3 Å². The van der Waals surface area contributed by atoms with Gasteiger partial charge in [-0.2, -0.15) is 0 Å². The summed E-state index contributed by atoms with van der Waals surface area (Å²) in [5.74, 6) is 2.09. The minimum Gasteiger partial charge on any atom is -0.497 e. The first-order chi connectivity index (χ1) is 12.1. The molecule has 0 bridgehead atoms. The highest BCUT2D eigenvalue weighted by molar-refractivity contribution is 5.84. The molecule has 0 N–H and O–H groups in total. The molecule has 0 radical (unpaired) electrons. The fourth-order valence-electron chi connectivity index (χ4n) is 4.45. The minimum atomic E-state index is -0.149. The zero-order chi connectivity index (χ0) is 17.4. The lowest BCUT2D eigenvalue weighted by molar-refractivity contribution is -0.143. The van der Waals surface area contributed by atoms with E-state index in [9.17, 15) is 4.79 Å². The molecule has 3 aliphatic heterocycles. The number of ether oxygens (including phenoxy) is 2. The van der Waals surface area contributed by atoms with Crippen molar-refractivity contribution in [2.75, 3.05) is 46.9 Å². The van der Waals surface area contributed by atoms with Crippen LogP contribution >= 0.6 is 0 Å². The van der Waals surface area contributed by atoms with Crippen LogP contribution < -0.4 is 9.47 Å². The van der Waals surface area contributed by atoms with Gasteiger partial charge in [0, 0.05) is 32.2 Å². The summed E-state index contributed by atoms with van der Waals surface area (Å²) >= 11 is 0. The van der Waals surface area contributed by atoms with Crippen LogP contribution in [0, 0.1) is 5.41 Å². The summed E-state index contributed by atoms with van der Waals surface area (Å²) < 4.78 is 11.2. The summed E-state index contributed by atoms with van der Waals surface area (Å²) in [7, 11) is 3.62. The van der Waals surface area contributed by atoms with Gasteiger partial charge in [0.1, 0.15) is 18.1 Å². The molecular weight excluding hydrogens is 316 g/mol. The fraction of sp³-hybridized carbons (Fsp3) is 0.550. The summed E-state index contributed by atoms with van der Waals surface area (Å²) in [5, 5.41) is 0. The molecule has 1 atom stereocenters. The van der Waals surface area contributed by atoms with Gasteiger partial charge < -0.3 is 14.4 Å². The summed E-state index contributed by atoms with van der Waals surface area (Å²) in [5.41, 5.74) is 2.18. The number of fused-ring (bicyclic) bond motifs is 1. The van der Waals surface area contributed by atoms with Crippen LogP contribution in [0.5, 0.6) is 11.5 Å². The summed E-state index contributed by atoms with van der Waals surface area (Å²) in [4.78, 5) is 17.0. The number of rotatable bonds is 3.